The summed E-state index contributed by atoms with van der Waals surface area (Å²) >= 11 is 1.59. The Balaban J connectivity index is 1.26. The first-order valence-electron chi connectivity index (χ1n) is 9.34. The number of nitrogens with one attached hydrogen (secondary N) is 1. The fourth-order valence-corrected chi connectivity index (χ4v) is 4.26. The van der Waals surface area contributed by atoms with Crippen LogP contribution in [0.5, 0.6) is 0 Å². The highest BCUT2D eigenvalue weighted by atomic mass is 32.1. The van der Waals surface area contributed by atoms with Crippen molar-refractivity contribution in [1.29, 1.82) is 0 Å². The van der Waals surface area contributed by atoms with Crippen molar-refractivity contribution in [3.8, 4) is 0 Å². The van der Waals surface area contributed by atoms with Gasteiger partial charge in [0.15, 0.2) is 0 Å². The van der Waals surface area contributed by atoms with Crippen molar-refractivity contribution >= 4 is 16.5 Å². The van der Waals surface area contributed by atoms with Crippen LogP contribution in [-0.2, 0) is 13.0 Å². The maximum absolute atomic E-state index is 13.0. The van der Waals surface area contributed by atoms with Gasteiger partial charge in [0.1, 0.15) is 10.8 Å². The number of hydrogen-bond donors (Lipinski definition) is 1. The molecule has 1 fully saturated rings. The van der Waals surface area contributed by atoms with E-state index < -0.39 is 0 Å². The van der Waals surface area contributed by atoms with E-state index in [9.17, 15) is 4.39 Å². The second-order valence-corrected chi connectivity index (χ2v) is 8.05. The van der Waals surface area contributed by atoms with E-state index in [1.54, 1.807) is 23.5 Å². The number of nitrogens with zero attached hydrogens (tertiary/aromatic N) is 3. The summed E-state index contributed by atoms with van der Waals surface area (Å²) in [6, 6.07) is 17.7. The molecule has 0 bridgehead atoms. The van der Waals surface area contributed by atoms with Crippen LogP contribution >= 0.6 is 11.3 Å². The lowest BCUT2D eigenvalue weighted by Gasteiger charge is -2.32. The zero-order valence-corrected chi connectivity index (χ0v) is 16.0. The molecule has 0 aliphatic carbocycles. The van der Waals surface area contributed by atoms with Gasteiger partial charge in [-0.1, -0.05) is 53.8 Å². The second kappa shape index (κ2) is 8.59. The number of likely N-dealkylation sites (tertiary alicyclic amines) is 1. The predicted octanol–water partition coefficient (Wildman–Crippen LogP) is 4.34. The van der Waals surface area contributed by atoms with Gasteiger partial charge in [-0.05, 0) is 36.1 Å². The molecule has 0 spiro atoms. The molecule has 2 aromatic carbocycles. The van der Waals surface area contributed by atoms with Gasteiger partial charge in [0.25, 0.3) is 0 Å². The molecule has 4 nitrogen and oxygen atoms in total. The number of hydrogen-bond acceptors (Lipinski definition) is 5. The molecule has 0 radical (unpaired) electrons. The molecular formula is C21H23FN4S. The molecule has 1 saturated heterocycles. The summed E-state index contributed by atoms with van der Waals surface area (Å²) < 4.78 is 13.0. The zero-order valence-electron chi connectivity index (χ0n) is 15.1. The van der Waals surface area contributed by atoms with Crippen LogP contribution in [-0.4, -0.2) is 34.2 Å². The summed E-state index contributed by atoms with van der Waals surface area (Å²) in [6.45, 7) is 3.20. The fraction of sp³-hybridized carbons (Fsp3) is 0.333. The van der Waals surface area contributed by atoms with Gasteiger partial charge in [-0.2, -0.15) is 0 Å². The van der Waals surface area contributed by atoms with Crippen molar-refractivity contribution in [3.63, 3.8) is 0 Å². The Morgan fingerprint density at radius 2 is 1.70 bits per heavy atom. The molecule has 2 heterocycles. The molecule has 27 heavy (non-hydrogen) atoms. The minimum Gasteiger partial charge on any atom is -0.357 e. The fourth-order valence-electron chi connectivity index (χ4n) is 3.41. The van der Waals surface area contributed by atoms with Crippen molar-refractivity contribution in [2.75, 3.05) is 18.4 Å². The molecule has 1 aromatic heterocycles. The summed E-state index contributed by atoms with van der Waals surface area (Å²) in [4.78, 5) is 2.51. The van der Waals surface area contributed by atoms with Crippen molar-refractivity contribution in [1.82, 2.24) is 15.1 Å². The molecule has 0 saturated carbocycles. The normalized spacial score (nSPS) is 15.7. The highest BCUT2D eigenvalue weighted by Crippen LogP contribution is 2.22. The van der Waals surface area contributed by atoms with Crippen LogP contribution in [0, 0.1) is 5.82 Å². The Bertz CT molecular complexity index is 842. The van der Waals surface area contributed by atoms with E-state index >= 15 is 0 Å². The second-order valence-electron chi connectivity index (χ2n) is 6.98. The topological polar surface area (TPSA) is 41.1 Å². The third kappa shape index (κ3) is 5.11. The monoisotopic (exact) mass is 382 g/mol. The molecule has 1 aliphatic heterocycles. The van der Waals surface area contributed by atoms with Crippen LogP contribution in [0.2, 0.25) is 0 Å². The molecule has 6 heteroatoms. The Kier molecular flexibility index (Phi) is 5.75. The molecule has 140 valence electrons. The standard InChI is InChI=1S/C21H23FN4S/c22-18-8-6-16(7-9-18)14-20-24-25-21(27-20)23-19-10-12-26(13-11-19)15-17-4-2-1-3-5-17/h1-9,19H,10-15H2,(H,23,25). The lowest BCUT2D eigenvalue weighted by molar-refractivity contribution is 0.211. The molecule has 1 aliphatic rings. The lowest BCUT2D eigenvalue weighted by atomic mass is 10.0. The van der Waals surface area contributed by atoms with E-state index in [0.717, 1.165) is 48.2 Å². The average Bonchev–Trinajstić information content (AvgIpc) is 3.13. The van der Waals surface area contributed by atoms with Gasteiger partial charge in [0.2, 0.25) is 5.13 Å². The Hall–Kier alpha value is -2.31. The summed E-state index contributed by atoms with van der Waals surface area (Å²) in [7, 11) is 0. The summed E-state index contributed by atoms with van der Waals surface area (Å²) in [5.41, 5.74) is 2.42. The van der Waals surface area contributed by atoms with E-state index in [1.807, 2.05) is 0 Å². The molecule has 0 amide bonds. The van der Waals surface area contributed by atoms with Crippen LogP contribution in [0.15, 0.2) is 54.6 Å². The Morgan fingerprint density at radius 3 is 2.44 bits per heavy atom. The number of piperidine rings is 1. The van der Waals surface area contributed by atoms with Crippen LogP contribution < -0.4 is 5.32 Å². The van der Waals surface area contributed by atoms with Gasteiger partial charge < -0.3 is 5.32 Å². The van der Waals surface area contributed by atoms with Gasteiger partial charge >= 0.3 is 0 Å². The predicted molar refractivity (Wildman–Crippen MR) is 107 cm³/mol. The van der Waals surface area contributed by atoms with Crippen LogP contribution in [0.3, 0.4) is 0 Å². The number of rotatable bonds is 6. The van der Waals surface area contributed by atoms with Crippen molar-refractivity contribution in [2.45, 2.75) is 31.8 Å². The molecule has 3 aromatic rings. The quantitative estimate of drug-likeness (QED) is 0.688. The summed E-state index contributed by atoms with van der Waals surface area (Å²) in [5.74, 6) is -0.211. The molecule has 0 atom stereocenters. The first kappa shape index (κ1) is 18.1. The van der Waals surface area contributed by atoms with Crippen LogP contribution in [0.25, 0.3) is 0 Å². The SMILES string of the molecule is Fc1ccc(Cc2nnc(NC3CCN(Cc4ccccc4)CC3)s2)cc1. The van der Waals surface area contributed by atoms with E-state index in [0.29, 0.717) is 12.5 Å². The van der Waals surface area contributed by atoms with Gasteiger partial charge in [0, 0.05) is 32.1 Å². The highest BCUT2D eigenvalue weighted by Gasteiger charge is 2.20. The zero-order chi connectivity index (χ0) is 18.5. The largest absolute Gasteiger partial charge is 0.357 e. The van der Waals surface area contributed by atoms with Crippen molar-refractivity contribution < 1.29 is 4.39 Å². The summed E-state index contributed by atoms with van der Waals surface area (Å²) in [6.07, 6.45) is 2.91. The number of halogens is 1. The van der Waals surface area contributed by atoms with Crippen molar-refractivity contribution in [3.05, 3.63) is 76.5 Å². The minimum atomic E-state index is -0.211. The summed E-state index contributed by atoms with van der Waals surface area (Å²) in [5, 5.41) is 13.9. The number of aromatic nitrogens is 2. The van der Waals surface area contributed by atoms with E-state index in [4.69, 9.17) is 0 Å². The smallest absolute Gasteiger partial charge is 0.205 e. The highest BCUT2D eigenvalue weighted by molar-refractivity contribution is 7.15. The maximum atomic E-state index is 13.0. The molecule has 4 rings (SSSR count). The first-order chi connectivity index (χ1) is 13.2. The molecule has 0 unspecified atom stereocenters. The van der Waals surface area contributed by atoms with Gasteiger partial charge in [-0.3, -0.25) is 4.90 Å². The number of anilines is 1. The van der Waals surface area contributed by atoms with Gasteiger partial charge in [-0.15, -0.1) is 10.2 Å². The van der Waals surface area contributed by atoms with E-state index in [2.05, 4.69) is 50.7 Å². The Labute approximate surface area is 163 Å². The molecule has 1 N–H and O–H groups in total. The minimum absolute atomic E-state index is 0.211. The van der Waals surface area contributed by atoms with Crippen LogP contribution in [0.1, 0.15) is 29.0 Å². The van der Waals surface area contributed by atoms with E-state index in [1.165, 1.54) is 17.7 Å². The first-order valence-corrected chi connectivity index (χ1v) is 10.2. The van der Waals surface area contributed by atoms with Gasteiger partial charge in [-0.25, -0.2) is 4.39 Å². The average molecular weight is 383 g/mol. The van der Waals surface area contributed by atoms with Gasteiger partial charge in [0.05, 0.1) is 0 Å². The third-order valence-corrected chi connectivity index (χ3v) is 5.75. The number of benzene rings is 2. The third-order valence-electron chi connectivity index (χ3n) is 4.90. The Morgan fingerprint density at radius 1 is 0.963 bits per heavy atom. The van der Waals surface area contributed by atoms with Crippen molar-refractivity contribution in [2.24, 2.45) is 0 Å². The van der Waals surface area contributed by atoms with Crippen LogP contribution in [0.4, 0.5) is 9.52 Å². The molecular weight excluding hydrogens is 359 g/mol. The van der Waals surface area contributed by atoms with E-state index in [-0.39, 0.29) is 5.82 Å². The lowest BCUT2D eigenvalue weighted by Crippen LogP contribution is -2.38. The maximum Gasteiger partial charge on any atom is 0.205 e.